The van der Waals surface area contributed by atoms with Crippen LogP contribution < -0.4 is 14.8 Å². The van der Waals surface area contributed by atoms with E-state index in [0.29, 0.717) is 17.1 Å². The van der Waals surface area contributed by atoms with Crippen LogP contribution in [0.1, 0.15) is 23.6 Å². The number of hydrogen-bond acceptors (Lipinski definition) is 5. The Hall–Kier alpha value is -3.87. The summed E-state index contributed by atoms with van der Waals surface area (Å²) in [5.41, 5.74) is 2.21. The first-order valence-electron chi connectivity index (χ1n) is 9.03. The number of carbonyl (C=O) groups excluding carboxylic acids is 1. The van der Waals surface area contributed by atoms with Crippen LogP contribution in [0, 0.1) is 0 Å². The van der Waals surface area contributed by atoms with Gasteiger partial charge in [-0.2, -0.15) is 0 Å². The highest BCUT2D eigenvalue weighted by Crippen LogP contribution is 2.32. The predicted molar refractivity (Wildman–Crippen MR) is 106 cm³/mol. The van der Waals surface area contributed by atoms with Gasteiger partial charge in [0.25, 0.3) is 0 Å². The number of ether oxygens (including phenoxy) is 2. The summed E-state index contributed by atoms with van der Waals surface area (Å²) in [6.07, 6.45) is 4.34. The zero-order valence-corrected chi connectivity index (χ0v) is 15.4. The Bertz CT molecular complexity index is 1110. The summed E-state index contributed by atoms with van der Waals surface area (Å²) in [7, 11) is 0. The lowest BCUT2D eigenvalue weighted by molar-refractivity contribution is -0.137. The number of para-hydroxylation sites is 1. The fourth-order valence-electron chi connectivity index (χ4n) is 3.11. The Morgan fingerprint density at radius 1 is 1.14 bits per heavy atom. The maximum Gasteiger partial charge on any atom is 0.305 e. The SMILES string of the molecule is O=C(O)CC(NC(=O)/C=C/c1ccc2c(c1)OCO2)c1cnc2ccccc2c1. The van der Waals surface area contributed by atoms with E-state index in [-0.39, 0.29) is 13.2 Å². The second kappa shape index (κ2) is 8.02. The topological polar surface area (TPSA) is 97.8 Å². The highest BCUT2D eigenvalue weighted by Gasteiger charge is 2.18. The minimum Gasteiger partial charge on any atom is -0.481 e. The van der Waals surface area contributed by atoms with Crippen molar-refractivity contribution in [3.63, 3.8) is 0 Å². The van der Waals surface area contributed by atoms with E-state index in [1.165, 1.54) is 6.08 Å². The number of pyridine rings is 1. The smallest absolute Gasteiger partial charge is 0.305 e. The van der Waals surface area contributed by atoms with Crippen LogP contribution in [0.3, 0.4) is 0 Å². The number of hydrogen-bond donors (Lipinski definition) is 2. The molecule has 7 heteroatoms. The molecular formula is C22H18N2O5. The van der Waals surface area contributed by atoms with Gasteiger partial charge < -0.3 is 19.9 Å². The van der Waals surface area contributed by atoms with E-state index in [2.05, 4.69) is 10.3 Å². The zero-order valence-electron chi connectivity index (χ0n) is 15.4. The summed E-state index contributed by atoms with van der Waals surface area (Å²) in [6, 6.07) is 14.0. The third-order valence-corrected chi connectivity index (χ3v) is 4.53. The van der Waals surface area contributed by atoms with E-state index in [1.807, 2.05) is 30.3 Å². The van der Waals surface area contributed by atoms with Crippen molar-refractivity contribution < 1.29 is 24.2 Å². The number of nitrogens with zero attached hydrogens (tertiary/aromatic N) is 1. The van der Waals surface area contributed by atoms with Crippen LogP contribution in [0.15, 0.2) is 60.8 Å². The fraction of sp³-hybridized carbons (Fsp3) is 0.136. The van der Waals surface area contributed by atoms with Crippen molar-refractivity contribution in [2.24, 2.45) is 0 Å². The van der Waals surface area contributed by atoms with Gasteiger partial charge in [0.2, 0.25) is 12.7 Å². The lowest BCUT2D eigenvalue weighted by atomic mass is 10.0. The maximum absolute atomic E-state index is 12.4. The number of rotatable bonds is 6. The van der Waals surface area contributed by atoms with Crippen LogP contribution >= 0.6 is 0 Å². The van der Waals surface area contributed by atoms with Gasteiger partial charge >= 0.3 is 5.97 Å². The van der Waals surface area contributed by atoms with Crippen molar-refractivity contribution in [3.05, 3.63) is 71.9 Å². The van der Waals surface area contributed by atoms with Crippen LogP contribution in [0.2, 0.25) is 0 Å². The molecule has 0 bridgehead atoms. The van der Waals surface area contributed by atoms with Crippen LogP contribution in [-0.4, -0.2) is 28.8 Å². The maximum atomic E-state index is 12.4. The number of benzene rings is 2. The molecular weight excluding hydrogens is 372 g/mol. The second-order valence-corrected chi connectivity index (χ2v) is 6.57. The molecule has 29 heavy (non-hydrogen) atoms. The van der Waals surface area contributed by atoms with Gasteiger partial charge in [0.05, 0.1) is 18.0 Å². The van der Waals surface area contributed by atoms with E-state index in [1.54, 1.807) is 30.5 Å². The Morgan fingerprint density at radius 2 is 1.97 bits per heavy atom. The lowest BCUT2D eigenvalue weighted by Crippen LogP contribution is -2.28. The minimum atomic E-state index is -1.01. The molecule has 2 heterocycles. The number of fused-ring (bicyclic) bond motifs is 2. The molecule has 0 aliphatic carbocycles. The third-order valence-electron chi connectivity index (χ3n) is 4.53. The largest absolute Gasteiger partial charge is 0.481 e. The molecule has 1 amide bonds. The summed E-state index contributed by atoms with van der Waals surface area (Å²) in [5.74, 6) is -0.124. The molecule has 0 saturated carbocycles. The fourth-order valence-corrected chi connectivity index (χ4v) is 3.11. The highest BCUT2D eigenvalue weighted by atomic mass is 16.7. The Labute approximate surface area is 166 Å². The Balaban J connectivity index is 1.51. The molecule has 0 radical (unpaired) electrons. The summed E-state index contributed by atoms with van der Waals surface area (Å²) in [5, 5.41) is 12.9. The van der Waals surface area contributed by atoms with Gasteiger partial charge in [-0.25, -0.2) is 0 Å². The van der Waals surface area contributed by atoms with E-state index >= 15 is 0 Å². The minimum absolute atomic E-state index is 0.180. The molecule has 3 aromatic rings. The highest BCUT2D eigenvalue weighted by molar-refractivity contribution is 5.92. The molecule has 0 spiro atoms. The molecule has 1 atom stereocenters. The van der Waals surface area contributed by atoms with Gasteiger partial charge in [-0.15, -0.1) is 0 Å². The van der Waals surface area contributed by atoms with Gasteiger partial charge in [-0.3, -0.25) is 14.6 Å². The summed E-state index contributed by atoms with van der Waals surface area (Å²) < 4.78 is 10.6. The normalized spacial score (nSPS) is 13.5. The number of nitrogens with one attached hydrogen (secondary N) is 1. The Kier molecular flexibility index (Phi) is 5.11. The van der Waals surface area contributed by atoms with Gasteiger partial charge in [0, 0.05) is 17.7 Å². The van der Waals surface area contributed by atoms with Crippen LogP contribution in [0.5, 0.6) is 11.5 Å². The predicted octanol–water partition coefficient (Wildman–Crippen LogP) is 3.31. The number of aliphatic carboxylic acids is 1. The standard InChI is InChI=1S/C22H18N2O5/c25-21(8-6-14-5-7-19-20(9-14)29-13-28-19)24-18(11-22(26)27)16-10-15-3-1-2-4-17(15)23-12-16/h1-10,12,18H,11,13H2,(H,24,25)(H,26,27)/b8-6+. The second-order valence-electron chi connectivity index (χ2n) is 6.57. The number of carbonyl (C=O) groups is 2. The molecule has 1 unspecified atom stereocenters. The number of carboxylic acid groups (broad SMARTS) is 1. The molecule has 0 fully saturated rings. The third kappa shape index (κ3) is 4.35. The summed E-state index contributed by atoms with van der Waals surface area (Å²) >= 11 is 0. The van der Waals surface area contributed by atoms with Gasteiger partial charge in [0.1, 0.15) is 0 Å². The molecule has 7 nitrogen and oxygen atoms in total. The molecule has 0 saturated heterocycles. The van der Waals surface area contributed by atoms with Crippen molar-refractivity contribution in [1.29, 1.82) is 0 Å². The van der Waals surface area contributed by atoms with Crippen LogP contribution in [0.25, 0.3) is 17.0 Å². The summed E-state index contributed by atoms with van der Waals surface area (Å²) in [6.45, 7) is 0.180. The van der Waals surface area contributed by atoms with E-state index in [4.69, 9.17) is 9.47 Å². The van der Waals surface area contributed by atoms with Crippen LogP contribution in [0.4, 0.5) is 0 Å². The average Bonchev–Trinajstić information content (AvgIpc) is 3.19. The Morgan fingerprint density at radius 3 is 2.83 bits per heavy atom. The first kappa shape index (κ1) is 18.5. The molecule has 1 aromatic heterocycles. The van der Waals surface area contributed by atoms with Gasteiger partial charge in [-0.05, 0) is 41.5 Å². The number of aromatic nitrogens is 1. The van der Waals surface area contributed by atoms with Gasteiger partial charge in [0.15, 0.2) is 11.5 Å². The van der Waals surface area contributed by atoms with Crippen LogP contribution in [-0.2, 0) is 9.59 Å². The monoisotopic (exact) mass is 390 g/mol. The number of amides is 1. The quantitative estimate of drug-likeness (QED) is 0.627. The molecule has 146 valence electrons. The molecule has 2 N–H and O–H groups in total. The average molecular weight is 390 g/mol. The van der Waals surface area contributed by atoms with Crippen molar-refractivity contribution in [1.82, 2.24) is 10.3 Å². The number of carboxylic acids is 1. The molecule has 1 aliphatic heterocycles. The van der Waals surface area contributed by atoms with E-state index in [9.17, 15) is 14.7 Å². The van der Waals surface area contributed by atoms with Crippen molar-refractivity contribution >= 4 is 28.9 Å². The molecule has 4 rings (SSSR count). The zero-order chi connectivity index (χ0) is 20.2. The van der Waals surface area contributed by atoms with Crippen molar-refractivity contribution in [3.8, 4) is 11.5 Å². The van der Waals surface area contributed by atoms with Gasteiger partial charge in [-0.1, -0.05) is 24.3 Å². The molecule has 1 aliphatic rings. The van der Waals surface area contributed by atoms with Crippen molar-refractivity contribution in [2.75, 3.05) is 6.79 Å². The first-order chi connectivity index (χ1) is 14.1. The first-order valence-corrected chi connectivity index (χ1v) is 9.03. The summed E-state index contributed by atoms with van der Waals surface area (Å²) in [4.78, 5) is 28.1. The van der Waals surface area contributed by atoms with E-state index < -0.39 is 17.9 Å². The van der Waals surface area contributed by atoms with Crippen molar-refractivity contribution in [2.45, 2.75) is 12.5 Å². The molecule has 2 aromatic carbocycles. The van der Waals surface area contributed by atoms with E-state index in [0.717, 1.165) is 16.5 Å². The lowest BCUT2D eigenvalue weighted by Gasteiger charge is -2.16.